The summed E-state index contributed by atoms with van der Waals surface area (Å²) in [6.07, 6.45) is -11.5. The summed E-state index contributed by atoms with van der Waals surface area (Å²) >= 11 is 8.64. The molecule has 0 atom stereocenters. The maximum absolute atomic E-state index is 15.1. The van der Waals surface area contributed by atoms with Gasteiger partial charge in [0.1, 0.15) is 11.5 Å². The highest BCUT2D eigenvalue weighted by atomic mass is 32.1. The first-order valence-corrected chi connectivity index (χ1v) is 14.0. The topological polar surface area (TPSA) is 24.9 Å². The van der Waals surface area contributed by atoms with Gasteiger partial charge in [-0.05, 0) is 71.8 Å². The number of rotatable bonds is 4. The molecule has 0 unspecified atom stereocenters. The number of benzene rings is 4. The molecule has 0 radical (unpaired) electrons. The Bertz CT molecular complexity index is 1550. The Balaban J connectivity index is 1.44. The molecule has 0 aromatic heterocycles. The third-order valence-corrected chi connectivity index (χ3v) is 8.26. The average Bonchev–Trinajstić information content (AvgIpc) is 2.95. The summed E-state index contributed by atoms with van der Waals surface area (Å²) < 4.78 is 102. The molecule has 0 saturated heterocycles. The molecule has 2 aliphatic heterocycles. The van der Waals surface area contributed by atoms with Crippen LogP contribution in [0.2, 0.25) is 0 Å². The molecule has 0 fully saturated rings. The van der Waals surface area contributed by atoms with Gasteiger partial charge in [0.05, 0.1) is 0 Å². The summed E-state index contributed by atoms with van der Waals surface area (Å²) in [5.41, 5.74) is -4.47. The van der Waals surface area contributed by atoms with Gasteiger partial charge < -0.3 is 19.3 Å². The first kappa shape index (κ1) is 29.4. The van der Waals surface area contributed by atoms with Crippen LogP contribution in [0.1, 0.15) is 22.3 Å². The third kappa shape index (κ3) is 5.24. The molecule has 0 spiro atoms. The number of thiol groups is 2. The Morgan fingerprint density at radius 1 is 0.558 bits per heavy atom. The van der Waals surface area contributed by atoms with Crippen molar-refractivity contribution in [1.29, 1.82) is 0 Å². The lowest BCUT2D eigenvalue weighted by Crippen LogP contribution is -2.55. The molecule has 4 nitrogen and oxygen atoms in total. The van der Waals surface area contributed by atoms with Gasteiger partial charge in [0.15, 0.2) is 13.5 Å². The van der Waals surface area contributed by atoms with Crippen LogP contribution < -0.4 is 19.3 Å². The third-order valence-electron chi connectivity index (χ3n) is 7.70. The van der Waals surface area contributed by atoms with E-state index >= 15 is 26.3 Å². The zero-order valence-corrected chi connectivity index (χ0v) is 24.1. The van der Waals surface area contributed by atoms with Crippen LogP contribution in [0.25, 0.3) is 0 Å². The van der Waals surface area contributed by atoms with Crippen LogP contribution in [0.5, 0.6) is 11.5 Å². The largest absolute Gasteiger partial charge is 0.473 e. The lowest BCUT2D eigenvalue weighted by atomic mass is 9.72. The van der Waals surface area contributed by atoms with Gasteiger partial charge in [0, 0.05) is 45.4 Å². The van der Waals surface area contributed by atoms with Crippen molar-refractivity contribution in [3.05, 3.63) is 107 Å². The molecule has 0 aliphatic carbocycles. The number of nitrogens with zero attached hydrogens (tertiary/aromatic N) is 2. The standard InChI is InChI=1S/C31H24F6N2O2S2/c32-30(33,34)29(31(35,36)37,21-7-9-27-19(11-21)15-38(17-40-27)23-3-1-5-25(42)13-23)22-8-10-28-20(12-22)16-39(18-41-28)24-4-2-6-26(43)14-24/h1-14,42-43H,15-18H2. The summed E-state index contributed by atoms with van der Waals surface area (Å²) in [7, 11) is 0. The zero-order valence-electron chi connectivity index (χ0n) is 22.3. The van der Waals surface area contributed by atoms with Crippen molar-refractivity contribution in [3.63, 3.8) is 0 Å². The monoisotopic (exact) mass is 634 g/mol. The fraction of sp³-hybridized carbons (Fsp3) is 0.226. The van der Waals surface area contributed by atoms with Crippen LogP contribution in [-0.4, -0.2) is 25.8 Å². The van der Waals surface area contributed by atoms with E-state index in [9.17, 15) is 0 Å². The molecule has 0 bridgehead atoms. The average molecular weight is 635 g/mol. The van der Waals surface area contributed by atoms with Crippen LogP contribution in [0.15, 0.2) is 94.7 Å². The lowest BCUT2D eigenvalue weighted by molar-refractivity contribution is -0.288. The minimum absolute atomic E-state index is 0.0450. The summed E-state index contributed by atoms with van der Waals surface area (Å²) in [4.78, 5) is 4.72. The van der Waals surface area contributed by atoms with E-state index in [0.29, 0.717) is 21.2 Å². The maximum atomic E-state index is 15.1. The Kier molecular flexibility index (Phi) is 7.40. The van der Waals surface area contributed by atoms with Gasteiger partial charge in [0.2, 0.25) is 5.41 Å². The number of halogens is 6. The van der Waals surface area contributed by atoms with Gasteiger partial charge in [-0.2, -0.15) is 26.3 Å². The summed E-state index contributed by atoms with van der Waals surface area (Å²) in [6, 6.07) is 20.0. The quantitative estimate of drug-likeness (QED) is 0.174. The molecule has 43 heavy (non-hydrogen) atoms. The van der Waals surface area contributed by atoms with Crippen LogP contribution >= 0.6 is 25.3 Å². The Hall–Kier alpha value is -3.64. The fourth-order valence-corrected chi connectivity index (χ4v) is 6.08. The van der Waals surface area contributed by atoms with E-state index in [1.165, 1.54) is 12.1 Å². The van der Waals surface area contributed by atoms with Crippen molar-refractivity contribution in [2.45, 2.75) is 40.6 Å². The maximum Gasteiger partial charge on any atom is 0.411 e. The first-order chi connectivity index (χ1) is 20.4. The second kappa shape index (κ2) is 10.8. The molecule has 0 amide bonds. The number of alkyl halides is 6. The highest BCUT2D eigenvalue weighted by Gasteiger charge is 2.72. The molecule has 12 heteroatoms. The Labute approximate surface area is 254 Å². The fourth-order valence-electron chi connectivity index (χ4n) is 5.64. The summed E-state index contributed by atoms with van der Waals surface area (Å²) in [6.45, 7) is 0.238. The van der Waals surface area contributed by atoms with E-state index in [1.54, 1.807) is 58.3 Å². The van der Waals surface area contributed by atoms with Crippen LogP contribution in [0.4, 0.5) is 37.7 Å². The normalized spacial score (nSPS) is 15.3. The highest BCUT2D eigenvalue weighted by Crippen LogP contribution is 2.57. The molecular weight excluding hydrogens is 610 g/mol. The smallest absolute Gasteiger partial charge is 0.411 e. The van der Waals surface area contributed by atoms with Gasteiger partial charge in [-0.25, -0.2) is 0 Å². The van der Waals surface area contributed by atoms with Crippen molar-refractivity contribution in [2.75, 3.05) is 23.3 Å². The van der Waals surface area contributed by atoms with Gasteiger partial charge in [-0.15, -0.1) is 25.3 Å². The van der Waals surface area contributed by atoms with Crippen molar-refractivity contribution in [2.24, 2.45) is 0 Å². The van der Waals surface area contributed by atoms with E-state index < -0.39 is 28.9 Å². The molecule has 2 heterocycles. The second-order valence-electron chi connectivity index (χ2n) is 10.4. The number of hydrogen-bond acceptors (Lipinski definition) is 6. The molecule has 2 aliphatic rings. The van der Waals surface area contributed by atoms with E-state index in [4.69, 9.17) is 9.47 Å². The second-order valence-corrected chi connectivity index (χ2v) is 11.4. The first-order valence-electron chi connectivity index (χ1n) is 13.1. The van der Waals surface area contributed by atoms with Gasteiger partial charge in [0.25, 0.3) is 0 Å². The Morgan fingerprint density at radius 2 is 0.977 bits per heavy atom. The van der Waals surface area contributed by atoms with Crippen molar-refractivity contribution >= 4 is 36.6 Å². The van der Waals surface area contributed by atoms with E-state index in [0.717, 1.165) is 24.3 Å². The van der Waals surface area contributed by atoms with Crippen molar-refractivity contribution in [3.8, 4) is 11.5 Å². The SMILES string of the molecule is FC(F)(F)C(c1ccc2c(c1)CN(c1cccc(S)c1)CO2)(c1ccc2c(c1)CN(c1cccc(S)c1)CO2)C(F)(F)F. The molecular formula is C31H24F6N2O2S2. The predicted molar refractivity (Wildman–Crippen MR) is 157 cm³/mol. The highest BCUT2D eigenvalue weighted by molar-refractivity contribution is 7.80. The number of ether oxygens (including phenoxy) is 2. The molecule has 4 aromatic rings. The predicted octanol–water partition coefficient (Wildman–Crippen LogP) is 8.39. The van der Waals surface area contributed by atoms with Gasteiger partial charge in [-0.1, -0.05) is 24.3 Å². The zero-order chi connectivity index (χ0) is 30.6. The van der Waals surface area contributed by atoms with Crippen LogP contribution in [0, 0.1) is 0 Å². The lowest BCUT2D eigenvalue weighted by Gasteiger charge is -2.40. The molecule has 224 valence electrons. The summed E-state index contributed by atoms with van der Waals surface area (Å²) in [5.74, 6) is 0.447. The van der Waals surface area contributed by atoms with E-state index in [1.807, 2.05) is 0 Å². The van der Waals surface area contributed by atoms with Crippen molar-refractivity contribution < 1.29 is 35.8 Å². The number of fused-ring (bicyclic) bond motifs is 2. The molecule has 0 saturated carbocycles. The van der Waals surface area contributed by atoms with E-state index in [2.05, 4.69) is 25.3 Å². The summed E-state index contributed by atoms with van der Waals surface area (Å²) in [5, 5.41) is 0. The molecule has 4 aromatic carbocycles. The van der Waals surface area contributed by atoms with E-state index in [-0.39, 0.29) is 49.2 Å². The minimum Gasteiger partial charge on any atom is -0.473 e. The minimum atomic E-state index is -5.74. The van der Waals surface area contributed by atoms with Crippen LogP contribution in [-0.2, 0) is 18.5 Å². The van der Waals surface area contributed by atoms with Crippen molar-refractivity contribution in [1.82, 2.24) is 0 Å². The number of hydrogen-bond donors (Lipinski definition) is 2. The molecule has 0 N–H and O–H groups in total. The van der Waals surface area contributed by atoms with Gasteiger partial charge >= 0.3 is 12.4 Å². The Morgan fingerprint density at radius 3 is 1.35 bits per heavy atom. The number of anilines is 2. The molecule has 6 rings (SSSR count). The van der Waals surface area contributed by atoms with Gasteiger partial charge in [-0.3, -0.25) is 0 Å². The van der Waals surface area contributed by atoms with Crippen LogP contribution in [0.3, 0.4) is 0 Å².